The molecule has 1 fully saturated rings. The summed E-state index contributed by atoms with van der Waals surface area (Å²) in [7, 11) is 0. The Morgan fingerprint density at radius 2 is 1.50 bits per heavy atom. The van der Waals surface area contributed by atoms with Gasteiger partial charge in [-0.3, -0.25) is 10.2 Å². The van der Waals surface area contributed by atoms with E-state index in [-0.39, 0.29) is 18.6 Å². The highest BCUT2D eigenvalue weighted by molar-refractivity contribution is 6.01. The first kappa shape index (κ1) is 27.7. The molecule has 1 saturated carbocycles. The number of nitrogens with zero attached hydrogens (tertiary/aromatic N) is 1. The zero-order valence-corrected chi connectivity index (χ0v) is 23.4. The van der Waals surface area contributed by atoms with Gasteiger partial charge in [-0.05, 0) is 59.4 Å². The maximum absolute atomic E-state index is 14.2. The number of aliphatic hydroxyl groups excluding tert-OH is 1. The number of amides is 1. The first-order valence-corrected chi connectivity index (χ1v) is 14.5. The van der Waals surface area contributed by atoms with Crippen molar-refractivity contribution in [3.8, 4) is 16.9 Å². The summed E-state index contributed by atoms with van der Waals surface area (Å²) in [6, 6.07) is 36.1. The molecule has 7 nitrogen and oxygen atoms in total. The van der Waals surface area contributed by atoms with Crippen molar-refractivity contribution in [3.63, 3.8) is 0 Å². The Bertz CT molecular complexity index is 1500. The van der Waals surface area contributed by atoms with Crippen LogP contribution in [0.4, 0.5) is 0 Å². The van der Waals surface area contributed by atoms with Gasteiger partial charge >= 0.3 is 0 Å². The highest BCUT2D eigenvalue weighted by Gasteiger charge is 2.53. The predicted octanol–water partition coefficient (Wildman–Crippen LogP) is 5.40. The van der Waals surface area contributed by atoms with Crippen LogP contribution >= 0.6 is 0 Å². The molecule has 1 aliphatic heterocycles. The number of carbonyl (C=O) groups excluding carboxylic acids is 1. The quantitative estimate of drug-likeness (QED) is 0.159. The summed E-state index contributed by atoms with van der Waals surface area (Å²) in [5.74, 6) is 0.877. The Hall–Kier alpha value is -4.46. The first-order chi connectivity index (χ1) is 20.6. The number of ether oxygens (including phenoxy) is 2. The summed E-state index contributed by atoms with van der Waals surface area (Å²) in [6.07, 6.45) is 2.35. The van der Waals surface area contributed by atoms with Gasteiger partial charge in [0.05, 0.1) is 6.61 Å². The molecular formula is C35H35N3O4. The van der Waals surface area contributed by atoms with Crippen LogP contribution in [0.5, 0.6) is 5.75 Å². The molecular weight excluding hydrogens is 526 g/mol. The van der Waals surface area contributed by atoms with Crippen molar-refractivity contribution in [3.05, 3.63) is 126 Å². The van der Waals surface area contributed by atoms with Crippen LogP contribution in [0.15, 0.2) is 114 Å². The van der Waals surface area contributed by atoms with E-state index in [1.165, 1.54) is 0 Å². The minimum atomic E-state index is -1.25. The molecule has 1 aliphatic carbocycles. The van der Waals surface area contributed by atoms with E-state index in [2.05, 4.69) is 35.1 Å². The molecule has 0 bridgehead atoms. The summed E-state index contributed by atoms with van der Waals surface area (Å²) in [6.45, 7) is 0.514. The van der Waals surface area contributed by atoms with Gasteiger partial charge in [-0.1, -0.05) is 84.9 Å². The molecule has 214 valence electrons. The maximum atomic E-state index is 14.2. The lowest BCUT2D eigenvalue weighted by molar-refractivity contribution is -0.130. The van der Waals surface area contributed by atoms with E-state index in [0.717, 1.165) is 40.7 Å². The molecule has 3 N–H and O–H groups in total. The van der Waals surface area contributed by atoms with Crippen molar-refractivity contribution in [1.29, 1.82) is 0 Å². The largest absolute Gasteiger partial charge is 0.494 e. The SMILES string of the molecule is O=C(NNC1CC1)[C@@]1(Cc2ccccc2)N=C(c2ccc(OCCCO)cc2)O[C@H]1c1ccc(-c2ccccc2)cc1. The second-order valence-electron chi connectivity index (χ2n) is 10.8. The van der Waals surface area contributed by atoms with Crippen molar-refractivity contribution in [2.45, 2.75) is 43.4 Å². The average molecular weight is 562 g/mol. The monoisotopic (exact) mass is 561 g/mol. The van der Waals surface area contributed by atoms with Gasteiger partial charge in [0.1, 0.15) is 5.75 Å². The number of aliphatic hydroxyl groups is 1. The molecule has 0 aromatic heterocycles. The molecule has 42 heavy (non-hydrogen) atoms. The topological polar surface area (TPSA) is 92.2 Å². The normalized spacial score (nSPS) is 19.5. The molecule has 2 atom stereocenters. The van der Waals surface area contributed by atoms with Gasteiger partial charge in [0, 0.05) is 31.1 Å². The number of hydrogen-bond acceptors (Lipinski definition) is 6. The summed E-state index contributed by atoms with van der Waals surface area (Å²) in [5.41, 5.74) is 9.73. The van der Waals surface area contributed by atoms with Gasteiger partial charge in [0.15, 0.2) is 11.6 Å². The van der Waals surface area contributed by atoms with Crippen LogP contribution in [0.1, 0.15) is 42.1 Å². The van der Waals surface area contributed by atoms with Crippen LogP contribution in [0.2, 0.25) is 0 Å². The van der Waals surface area contributed by atoms with Crippen molar-refractivity contribution in [1.82, 2.24) is 10.9 Å². The third-order valence-electron chi connectivity index (χ3n) is 7.63. The smallest absolute Gasteiger partial charge is 0.266 e. The van der Waals surface area contributed by atoms with E-state index < -0.39 is 11.6 Å². The second kappa shape index (κ2) is 12.6. The average Bonchev–Trinajstić information content (AvgIpc) is 3.80. The fraction of sp³-hybridized carbons (Fsp3) is 0.257. The highest BCUT2D eigenvalue weighted by atomic mass is 16.5. The van der Waals surface area contributed by atoms with Gasteiger partial charge in [-0.15, -0.1) is 0 Å². The minimum Gasteiger partial charge on any atom is -0.494 e. The van der Waals surface area contributed by atoms with E-state index in [4.69, 9.17) is 19.6 Å². The van der Waals surface area contributed by atoms with Crippen molar-refractivity contribution >= 4 is 11.8 Å². The Morgan fingerprint density at radius 3 is 2.17 bits per heavy atom. The zero-order chi connectivity index (χ0) is 28.8. The molecule has 6 rings (SSSR count). The number of aliphatic imine (C=N–C) groups is 1. The Kier molecular flexibility index (Phi) is 8.30. The lowest BCUT2D eigenvalue weighted by atomic mass is 9.82. The molecule has 7 heteroatoms. The van der Waals surface area contributed by atoms with Crippen LogP contribution in [0, 0.1) is 0 Å². The maximum Gasteiger partial charge on any atom is 0.266 e. The fourth-order valence-corrected chi connectivity index (χ4v) is 5.17. The van der Waals surface area contributed by atoms with Crippen LogP contribution in [0.25, 0.3) is 11.1 Å². The van der Waals surface area contributed by atoms with Crippen molar-refractivity contribution < 1.29 is 19.4 Å². The lowest BCUT2D eigenvalue weighted by Crippen LogP contribution is -2.54. The van der Waals surface area contributed by atoms with Crippen LogP contribution in [0.3, 0.4) is 0 Å². The predicted molar refractivity (Wildman–Crippen MR) is 163 cm³/mol. The second-order valence-corrected chi connectivity index (χ2v) is 10.8. The molecule has 0 spiro atoms. The minimum absolute atomic E-state index is 0.0810. The molecule has 0 unspecified atom stereocenters. The van der Waals surface area contributed by atoms with Crippen LogP contribution in [-0.4, -0.2) is 41.7 Å². The van der Waals surface area contributed by atoms with E-state index in [1.807, 2.05) is 84.9 Å². The first-order valence-electron chi connectivity index (χ1n) is 14.5. The summed E-state index contributed by atoms with van der Waals surface area (Å²) < 4.78 is 12.3. The third-order valence-corrected chi connectivity index (χ3v) is 7.63. The zero-order valence-electron chi connectivity index (χ0n) is 23.4. The van der Waals surface area contributed by atoms with E-state index in [1.54, 1.807) is 0 Å². The Labute approximate surface area is 246 Å². The number of hydrogen-bond donors (Lipinski definition) is 3. The van der Waals surface area contributed by atoms with E-state index in [0.29, 0.717) is 31.1 Å². The molecule has 0 saturated heterocycles. The standard InChI is InChI=1S/C35H35N3O4/c39-22-7-23-41-31-20-16-29(17-21-31)33-36-35(24-25-8-3-1-4-9-25,34(40)38-37-30-18-19-30)32(42-33)28-14-12-27(13-15-28)26-10-5-2-6-11-26/h1-6,8-17,20-21,30,32,37,39H,7,18-19,22-24H2,(H,38,40)/t32-,35-/m0/s1. The van der Waals surface area contributed by atoms with Gasteiger partial charge < -0.3 is 14.6 Å². The summed E-state index contributed by atoms with van der Waals surface area (Å²) in [5, 5.41) is 9.05. The Balaban J connectivity index is 1.37. The molecule has 4 aromatic carbocycles. The summed E-state index contributed by atoms with van der Waals surface area (Å²) >= 11 is 0. The number of nitrogens with one attached hydrogen (secondary N) is 2. The fourth-order valence-electron chi connectivity index (χ4n) is 5.17. The van der Waals surface area contributed by atoms with Crippen molar-refractivity contribution in [2.24, 2.45) is 4.99 Å². The number of hydrazine groups is 1. The van der Waals surface area contributed by atoms with Gasteiger partial charge in [-0.25, -0.2) is 10.4 Å². The van der Waals surface area contributed by atoms with Crippen LogP contribution < -0.4 is 15.6 Å². The molecule has 1 amide bonds. The molecule has 2 aliphatic rings. The Morgan fingerprint density at radius 1 is 0.857 bits per heavy atom. The highest BCUT2D eigenvalue weighted by Crippen LogP contribution is 2.43. The molecule has 4 aromatic rings. The van der Waals surface area contributed by atoms with Gasteiger partial charge in [0.2, 0.25) is 5.90 Å². The van der Waals surface area contributed by atoms with Gasteiger partial charge in [-0.2, -0.15) is 0 Å². The molecule has 0 radical (unpaired) electrons. The van der Waals surface area contributed by atoms with Crippen molar-refractivity contribution in [2.75, 3.05) is 13.2 Å². The van der Waals surface area contributed by atoms with Gasteiger partial charge in [0.25, 0.3) is 5.91 Å². The number of benzene rings is 4. The van der Waals surface area contributed by atoms with E-state index >= 15 is 0 Å². The summed E-state index contributed by atoms with van der Waals surface area (Å²) in [4.78, 5) is 19.2. The van der Waals surface area contributed by atoms with E-state index in [9.17, 15) is 4.79 Å². The number of rotatable bonds is 12. The molecule has 1 heterocycles. The van der Waals surface area contributed by atoms with Crippen LogP contribution in [-0.2, 0) is 16.0 Å². The third kappa shape index (κ3) is 6.22. The number of carbonyl (C=O) groups is 1. The lowest BCUT2D eigenvalue weighted by Gasteiger charge is -2.31.